The lowest BCUT2D eigenvalue weighted by molar-refractivity contribution is -0.154. The summed E-state index contributed by atoms with van der Waals surface area (Å²) in [5.74, 6) is -0.725. The highest BCUT2D eigenvalue weighted by Gasteiger charge is 2.18. The lowest BCUT2D eigenvalue weighted by atomic mass is 10.2. The molecule has 0 unspecified atom stereocenters. The SMILES string of the molecule is Cc1ccc(OCCC(=O)O[C@H](C)C(=O)NC(N)=O)cc1. The van der Waals surface area contributed by atoms with Gasteiger partial charge < -0.3 is 15.2 Å². The van der Waals surface area contributed by atoms with E-state index in [9.17, 15) is 14.4 Å². The fraction of sp³-hybridized carbons (Fsp3) is 0.357. The van der Waals surface area contributed by atoms with Gasteiger partial charge in [0.05, 0.1) is 13.0 Å². The minimum Gasteiger partial charge on any atom is -0.493 e. The van der Waals surface area contributed by atoms with Crippen LogP contribution in [-0.4, -0.2) is 30.6 Å². The largest absolute Gasteiger partial charge is 0.493 e. The number of hydrogen-bond donors (Lipinski definition) is 2. The standard InChI is InChI=1S/C14H18N2O5/c1-9-3-5-11(6-4-9)20-8-7-12(17)21-10(2)13(18)16-14(15)19/h3-6,10H,7-8H2,1-2H3,(H3,15,16,18,19)/t10-/m1/s1. The Morgan fingerprint density at radius 1 is 1.24 bits per heavy atom. The Morgan fingerprint density at radius 3 is 2.43 bits per heavy atom. The second-order valence-corrected chi connectivity index (χ2v) is 4.40. The average Bonchev–Trinajstić information content (AvgIpc) is 2.40. The van der Waals surface area contributed by atoms with Gasteiger partial charge >= 0.3 is 12.0 Å². The molecule has 0 fully saturated rings. The molecule has 0 bridgehead atoms. The van der Waals surface area contributed by atoms with Crippen molar-refractivity contribution in [3.05, 3.63) is 29.8 Å². The topological polar surface area (TPSA) is 108 Å². The van der Waals surface area contributed by atoms with Gasteiger partial charge in [-0.15, -0.1) is 0 Å². The first-order chi connectivity index (χ1) is 9.88. The number of benzene rings is 1. The van der Waals surface area contributed by atoms with Crippen molar-refractivity contribution in [2.75, 3.05) is 6.61 Å². The van der Waals surface area contributed by atoms with Crippen LogP contribution in [0.15, 0.2) is 24.3 Å². The van der Waals surface area contributed by atoms with Gasteiger partial charge in [0.25, 0.3) is 5.91 Å². The Bertz CT molecular complexity index is 513. The first-order valence-corrected chi connectivity index (χ1v) is 6.37. The predicted octanol–water partition coefficient (Wildman–Crippen LogP) is 0.891. The van der Waals surface area contributed by atoms with Gasteiger partial charge in [0.2, 0.25) is 0 Å². The molecule has 21 heavy (non-hydrogen) atoms. The molecule has 0 saturated heterocycles. The molecule has 0 aliphatic carbocycles. The summed E-state index contributed by atoms with van der Waals surface area (Å²) >= 11 is 0. The molecule has 0 aromatic heterocycles. The first-order valence-electron chi connectivity index (χ1n) is 6.37. The number of aryl methyl sites for hydroxylation is 1. The van der Waals surface area contributed by atoms with E-state index >= 15 is 0 Å². The second-order valence-electron chi connectivity index (χ2n) is 4.40. The fourth-order valence-corrected chi connectivity index (χ4v) is 1.42. The van der Waals surface area contributed by atoms with Crippen LogP contribution >= 0.6 is 0 Å². The van der Waals surface area contributed by atoms with E-state index in [2.05, 4.69) is 0 Å². The fourth-order valence-electron chi connectivity index (χ4n) is 1.42. The van der Waals surface area contributed by atoms with Crippen LogP contribution < -0.4 is 15.8 Å². The Morgan fingerprint density at radius 2 is 1.86 bits per heavy atom. The minimum atomic E-state index is -1.09. The monoisotopic (exact) mass is 294 g/mol. The summed E-state index contributed by atoms with van der Waals surface area (Å²) in [4.78, 5) is 33.3. The van der Waals surface area contributed by atoms with Gasteiger partial charge in [-0.2, -0.15) is 0 Å². The molecule has 1 atom stereocenters. The van der Waals surface area contributed by atoms with Gasteiger partial charge in [0.1, 0.15) is 5.75 Å². The molecule has 0 spiro atoms. The molecule has 1 rings (SSSR count). The van der Waals surface area contributed by atoms with E-state index < -0.39 is 24.0 Å². The highest BCUT2D eigenvalue weighted by atomic mass is 16.5. The van der Waals surface area contributed by atoms with E-state index in [1.165, 1.54) is 6.92 Å². The number of urea groups is 1. The van der Waals surface area contributed by atoms with Crippen molar-refractivity contribution in [2.24, 2.45) is 5.73 Å². The molecule has 3 N–H and O–H groups in total. The highest BCUT2D eigenvalue weighted by molar-refractivity contribution is 5.96. The molecule has 114 valence electrons. The number of amides is 3. The van der Waals surface area contributed by atoms with Crippen molar-refractivity contribution in [2.45, 2.75) is 26.4 Å². The van der Waals surface area contributed by atoms with Crippen LogP contribution in [0.4, 0.5) is 4.79 Å². The summed E-state index contributed by atoms with van der Waals surface area (Å²) in [5.41, 5.74) is 5.89. The highest BCUT2D eigenvalue weighted by Crippen LogP contribution is 2.11. The van der Waals surface area contributed by atoms with Gasteiger partial charge in [0.15, 0.2) is 6.10 Å². The summed E-state index contributed by atoms with van der Waals surface area (Å²) in [7, 11) is 0. The maximum Gasteiger partial charge on any atom is 0.318 e. The number of ether oxygens (including phenoxy) is 2. The number of rotatable bonds is 6. The number of nitrogens with two attached hydrogens (primary N) is 1. The van der Waals surface area contributed by atoms with Crippen molar-refractivity contribution >= 4 is 17.9 Å². The van der Waals surface area contributed by atoms with E-state index in [-0.39, 0.29) is 13.0 Å². The molecule has 0 aliphatic rings. The molecule has 0 saturated carbocycles. The van der Waals surface area contributed by atoms with Crippen LogP contribution in [0.25, 0.3) is 0 Å². The molecule has 0 heterocycles. The summed E-state index contributed by atoms with van der Waals surface area (Å²) in [6, 6.07) is 6.38. The number of esters is 1. The average molecular weight is 294 g/mol. The Kier molecular flexibility index (Phi) is 6.19. The maximum absolute atomic E-state index is 11.5. The Hall–Kier alpha value is -2.57. The predicted molar refractivity (Wildman–Crippen MR) is 74.6 cm³/mol. The molecule has 0 radical (unpaired) electrons. The second kappa shape index (κ2) is 7.88. The third-order valence-corrected chi connectivity index (χ3v) is 2.52. The smallest absolute Gasteiger partial charge is 0.318 e. The molecule has 0 aliphatic heterocycles. The van der Waals surface area contributed by atoms with Gasteiger partial charge in [-0.1, -0.05) is 17.7 Å². The van der Waals surface area contributed by atoms with E-state index in [0.29, 0.717) is 5.75 Å². The van der Waals surface area contributed by atoms with Crippen LogP contribution in [0.1, 0.15) is 18.9 Å². The van der Waals surface area contributed by atoms with Crippen molar-refractivity contribution < 1.29 is 23.9 Å². The van der Waals surface area contributed by atoms with Crippen LogP contribution in [-0.2, 0) is 14.3 Å². The minimum absolute atomic E-state index is 0.0118. The van der Waals surface area contributed by atoms with Crippen molar-refractivity contribution in [3.63, 3.8) is 0 Å². The molecule has 7 heteroatoms. The maximum atomic E-state index is 11.5. The van der Waals surface area contributed by atoms with Gasteiger partial charge in [0, 0.05) is 0 Å². The van der Waals surface area contributed by atoms with E-state index in [1.807, 2.05) is 24.4 Å². The summed E-state index contributed by atoms with van der Waals surface area (Å²) < 4.78 is 10.2. The number of carbonyl (C=O) groups is 3. The number of hydrogen-bond acceptors (Lipinski definition) is 5. The zero-order valence-electron chi connectivity index (χ0n) is 11.9. The normalized spacial score (nSPS) is 11.3. The van der Waals surface area contributed by atoms with Crippen LogP contribution in [0.5, 0.6) is 5.75 Å². The zero-order chi connectivity index (χ0) is 15.8. The van der Waals surface area contributed by atoms with Gasteiger partial charge in [-0.3, -0.25) is 14.9 Å². The Balaban J connectivity index is 2.29. The number of imide groups is 1. The molecule has 7 nitrogen and oxygen atoms in total. The number of nitrogens with one attached hydrogen (secondary N) is 1. The molecule has 3 amide bonds. The van der Waals surface area contributed by atoms with Crippen molar-refractivity contribution in [3.8, 4) is 5.75 Å². The summed E-state index contributed by atoms with van der Waals surface area (Å²) in [6.45, 7) is 3.43. The van der Waals surface area contributed by atoms with Crippen molar-refractivity contribution in [1.29, 1.82) is 0 Å². The van der Waals surface area contributed by atoms with E-state index in [4.69, 9.17) is 15.2 Å². The van der Waals surface area contributed by atoms with Crippen LogP contribution in [0, 0.1) is 6.92 Å². The molecular formula is C14H18N2O5. The quantitative estimate of drug-likeness (QED) is 0.757. The number of carbonyl (C=O) groups excluding carboxylic acids is 3. The van der Waals surface area contributed by atoms with Crippen molar-refractivity contribution in [1.82, 2.24) is 5.32 Å². The molecule has 1 aromatic carbocycles. The molecule has 1 aromatic rings. The first kappa shape index (κ1) is 16.5. The van der Waals surface area contributed by atoms with Crippen LogP contribution in [0.3, 0.4) is 0 Å². The third-order valence-electron chi connectivity index (χ3n) is 2.52. The van der Waals surface area contributed by atoms with E-state index in [1.54, 1.807) is 12.1 Å². The van der Waals surface area contributed by atoms with Crippen LogP contribution in [0.2, 0.25) is 0 Å². The summed E-state index contributed by atoms with van der Waals surface area (Å²) in [5, 5.41) is 1.83. The van der Waals surface area contributed by atoms with Gasteiger partial charge in [-0.25, -0.2) is 4.79 Å². The zero-order valence-corrected chi connectivity index (χ0v) is 11.9. The van der Waals surface area contributed by atoms with Gasteiger partial charge in [-0.05, 0) is 26.0 Å². The lowest BCUT2D eigenvalue weighted by Gasteiger charge is -2.12. The summed E-state index contributed by atoms with van der Waals surface area (Å²) in [6.07, 6.45) is -1.11. The third kappa shape index (κ3) is 6.42. The van der Waals surface area contributed by atoms with E-state index in [0.717, 1.165) is 5.56 Å². The Labute approximate surface area is 122 Å². The number of primary amides is 1. The lowest BCUT2D eigenvalue weighted by Crippen LogP contribution is -2.42. The molecular weight excluding hydrogens is 276 g/mol.